The second-order valence-corrected chi connectivity index (χ2v) is 14.7. The van der Waals surface area contributed by atoms with Gasteiger partial charge in [-0.05, 0) is 100 Å². The van der Waals surface area contributed by atoms with E-state index in [9.17, 15) is 0 Å². The molecule has 0 unspecified atom stereocenters. The number of hydrogen-bond acceptors (Lipinski definition) is 1. The van der Waals surface area contributed by atoms with Crippen LogP contribution in [0.1, 0.15) is 5.56 Å². The Hall–Kier alpha value is -7.29. The van der Waals surface area contributed by atoms with Crippen molar-refractivity contribution in [2.45, 2.75) is 6.54 Å². The summed E-state index contributed by atoms with van der Waals surface area (Å²) >= 11 is 0. The zero-order valence-electron chi connectivity index (χ0n) is 30.7. The predicted molar refractivity (Wildman–Crippen MR) is 237 cm³/mol. The second-order valence-electron chi connectivity index (χ2n) is 14.7. The van der Waals surface area contributed by atoms with Gasteiger partial charge in [0, 0.05) is 12.1 Å². The van der Waals surface area contributed by atoms with Gasteiger partial charge in [-0.15, -0.1) is 0 Å². The van der Waals surface area contributed by atoms with Crippen LogP contribution in [-0.4, -0.2) is 9.55 Å². The minimum Gasteiger partial charge on any atom is -0.319 e. The largest absolute Gasteiger partial charge is 0.319 e. The number of para-hydroxylation sites is 2. The third-order valence-electron chi connectivity index (χ3n) is 11.5. The van der Waals surface area contributed by atoms with Crippen molar-refractivity contribution in [2.24, 2.45) is 0 Å². The summed E-state index contributed by atoms with van der Waals surface area (Å²) in [6.45, 7) is 0.757. The molecule has 262 valence electrons. The van der Waals surface area contributed by atoms with E-state index in [-0.39, 0.29) is 0 Å². The molecule has 2 nitrogen and oxygen atoms in total. The van der Waals surface area contributed by atoms with Gasteiger partial charge < -0.3 is 4.57 Å². The molecule has 2 heteroatoms. The lowest BCUT2D eigenvalue weighted by atomic mass is 9.83. The normalized spacial score (nSPS) is 11.6. The van der Waals surface area contributed by atoms with Crippen LogP contribution < -0.4 is 0 Å². The smallest absolute Gasteiger partial charge is 0.141 e. The van der Waals surface area contributed by atoms with Gasteiger partial charge >= 0.3 is 0 Å². The molecule has 0 bridgehead atoms. The van der Waals surface area contributed by atoms with Crippen molar-refractivity contribution in [2.75, 3.05) is 0 Å². The van der Waals surface area contributed by atoms with Gasteiger partial charge in [0.25, 0.3) is 0 Å². The van der Waals surface area contributed by atoms with Crippen molar-refractivity contribution in [3.8, 4) is 44.8 Å². The molecule has 11 rings (SSSR count). The van der Waals surface area contributed by atoms with E-state index >= 15 is 0 Å². The van der Waals surface area contributed by atoms with Crippen molar-refractivity contribution in [3.05, 3.63) is 212 Å². The molecule has 0 saturated carbocycles. The zero-order chi connectivity index (χ0) is 37.0. The van der Waals surface area contributed by atoms with E-state index in [1.165, 1.54) is 82.0 Å². The Balaban J connectivity index is 1.13. The fourth-order valence-corrected chi connectivity index (χ4v) is 8.86. The Morgan fingerprint density at radius 3 is 1.54 bits per heavy atom. The number of rotatable bonds is 6. The molecule has 0 spiro atoms. The average molecular weight is 713 g/mol. The van der Waals surface area contributed by atoms with Gasteiger partial charge in [-0.1, -0.05) is 188 Å². The lowest BCUT2D eigenvalue weighted by Crippen LogP contribution is -2.02. The molecular formula is C54H36N2. The first-order chi connectivity index (χ1) is 27.8. The Bertz CT molecular complexity index is 3250. The molecule has 10 aromatic carbocycles. The van der Waals surface area contributed by atoms with Crippen LogP contribution in [0.15, 0.2) is 206 Å². The molecule has 0 amide bonds. The Labute approximate surface area is 325 Å². The van der Waals surface area contributed by atoms with Crippen LogP contribution in [0, 0.1) is 0 Å². The maximum absolute atomic E-state index is 5.14. The van der Waals surface area contributed by atoms with E-state index in [4.69, 9.17) is 4.98 Å². The van der Waals surface area contributed by atoms with Gasteiger partial charge in [0.05, 0.1) is 11.0 Å². The summed E-state index contributed by atoms with van der Waals surface area (Å²) in [6, 6.07) is 75.0. The molecule has 0 radical (unpaired) electrons. The fourth-order valence-electron chi connectivity index (χ4n) is 8.86. The molecule has 56 heavy (non-hydrogen) atoms. The Morgan fingerprint density at radius 2 is 0.857 bits per heavy atom. The van der Waals surface area contributed by atoms with E-state index in [1.54, 1.807) is 0 Å². The monoisotopic (exact) mass is 712 g/mol. The average Bonchev–Trinajstić information content (AvgIpc) is 3.63. The summed E-state index contributed by atoms with van der Waals surface area (Å²) in [4.78, 5) is 5.14. The van der Waals surface area contributed by atoms with Gasteiger partial charge in [-0.3, -0.25) is 0 Å². The van der Waals surface area contributed by atoms with Gasteiger partial charge in [0.2, 0.25) is 0 Å². The number of nitrogens with zero attached hydrogens (tertiary/aromatic N) is 2. The summed E-state index contributed by atoms with van der Waals surface area (Å²) in [5, 5.41) is 10.0. The van der Waals surface area contributed by atoms with Crippen LogP contribution in [0.5, 0.6) is 0 Å². The molecule has 0 atom stereocenters. The number of benzene rings is 10. The van der Waals surface area contributed by atoms with Crippen LogP contribution in [0.2, 0.25) is 0 Å². The van der Waals surface area contributed by atoms with Crippen molar-refractivity contribution in [3.63, 3.8) is 0 Å². The van der Waals surface area contributed by atoms with Crippen molar-refractivity contribution in [1.29, 1.82) is 0 Å². The fraction of sp³-hybridized carbons (Fsp3) is 0.0185. The molecule has 0 fully saturated rings. The first-order valence-corrected chi connectivity index (χ1v) is 19.3. The molecule has 0 aliphatic carbocycles. The summed E-state index contributed by atoms with van der Waals surface area (Å²) in [5.41, 5.74) is 11.9. The first kappa shape index (κ1) is 32.2. The number of hydrogen-bond donors (Lipinski definition) is 0. The predicted octanol–water partition coefficient (Wildman–Crippen LogP) is 14.4. The van der Waals surface area contributed by atoms with E-state index in [0.29, 0.717) is 0 Å². The maximum atomic E-state index is 5.14. The molecule has 0 N–H and O–H groups in total. The van der Waals surface area contributed by atoms with Crippen LogP contribution in [-0.2, 0) is 6.54 Å². The highest BCUT2D eigenvalue weighted by Gasteiger charge is 2.20. The summed E-state index contributed by atoms with van der Waals surface area (Å²) in [7, 11) is 0. The number of imidazole rings is 1. The molecule has 0 aliphatic rings. The SMILES string of the molecule is c1ccc(Cn2c(-c3ccc(-c4ccc5c(-c6cccc7ccccc67)c6ccccc6c(-c6cccc7ccccc67)c5c4)cc3)nc3ccccc32)cc1. The molecule has 0 aliphatic heterocycles. The standard InChI is InChI=1S/C54H36N2/c1-2-14-36(15-3-1)35-56-51-27-11-10-26-50(51)55-54(56)40-30-28-37(29-31-40)41-32-33-48-49(34-41)53(45-25-13-19-39-17-5-7-21-43(39)45)47-23-9-8-22-46(47)52(48)44-24-12-18-38-16-4-6-20-42(38)44/h1-34H,35H2. The van der Waals surface area contributed by atoms with E-state index in [0.717, 1.165) is 29.0 Å². The van der Waals surface area contributed by atoms with Crippen molar-refractivity contribution in [1.82, 2.24) is 9.55 Å². The summed E-state index contributed by atoms with van der Waals surface area (Å²) in [5.74, 6) is 0.976. The summed E-state index contributed by atoms with van der Waals surface area (Å²) in [6.07, 6.45) is 0. The zero-order valence-corrected chi connectivity index (χ0v) is 30.7. The Morgan fingerprint density at radius 1 is 0.357 bits per heavy atom. The second kappa shape index (κ2) is 13.2. The van der Waals surface area contributed by atoms with Crippen LogP contribution >= 0.6 is 0 Å². The number of fused-ring (bicyclic) bond motifs is 5. The molecule has 1 heterocycles. The topological polar surface area (TPSA) is 17.8 Å². The van der Waals surface area contributed by atoms with Gasteiger partial charge in [-0.25, -0.2) is 4.98 Å². The maximum Gasteiger partial charge on any atom is 0.141 e. The lowest BCUT2D eigenvalue weighted by Gasteiger charge is -2.20. The highest BCUT2D eigenvalue weighted by Crippen LogP contribution is 2.47. The highest BCUT2D eigenvalue weighted by molar-refractivity contribution is 6.25. The van der Waals surface area contributed by atoms with Crippen molar-refractivity contribution < 1.29 is 0 Å². The molecule has 1 aromatic heterocycles. The molecular weight excluding hydrogens is 677 g/mol. The first-order valence-electron chi connectivity index (χ1n) is 19.3. The van der Waals surface area contributed by atoms with Gasteiger partial charge in [-0.2, -0.15) is 0 Å². The minimum absolute atomic E-state index is 0.757. The molecule has 11 aromatic rings. The Kier molecular flexibility index (Phi) is 7.60. The highest BCUT2D eigenvalue weighted by atomic mass is 15.1. The van der Waals surface area contributed by atoms with Gasteiger partial charge in [0.1, 0.15) is 5.82 Å². The minimum atomic E-state index is 0.757. The van der Waals surface area contributed by atoms with Crippen molar-refractivity contribution >= 4 is 54.1 Å². The van der Waals surface area contributed by atoms with E-state index < -0.39 is 0 Å². The van der Waals surface area contributed by atoms with E-state index in [1.807, 2.05) is 0 Å². The third-order valence-corrected chi connectivity index (χ3v) is 11.5. The third kappa shape index (κ3) is 5.30. The summed E-state index contributed by atoms with van der Waals surface area (Å²) < 4.78 is 2.34. The lowest BCUT2D eigenvalue weighted by molar-refractivity contribution is 0.834. The van der Waals surface area contributed by atoms with Crippen LogP contribution in [0.25, 0.3) is 98.9 Å². The molecule has 0 saturated heterocycles. The van der Waals surface area contributed by atoms with Crippen LogP contribution in [0.3, 0.4) is 0 Å². The van der Waals surface area contributed by atoms with Crippen LogP contribution in [0.4, 0.5) is 0 Å². The quantitative estimate of drug-likeness (QED) is 0.157. The van der Waals surface area contributed by atoms with Gasteiger partial charge in [0.15, 0.2) is 0 Å². The number of aromatic nitrogens is 2. The van der Waals surface area contributed by atoms with E-state index in [2.05, 4.69) is 211 Å².